The van der Waals surface area contributed by atoms with Gasteiger partial charge in [0.05, 0.1) is 10.6 Å². The van der Waals surface area contributed by atoms with Crippen LogP contribution in [0.15, 0.2) is 29.9 Å². The van der Waals surface area contributed by atoms with E-state index in [1.165, 1.54) is 11.3 Å². The zero-order valence-electron chi connectivity index (χ0n) is 9.43. The Balaban J connectivity index is 2.46. The first-order valence-electron chi connectivity index (χ1n) is 5.29. The minimum Gasteiger partial charge on any atom is -0.390 e. The highest BCUT2D eigenvalue weighted by atomic mass is 32.1. The molecule has 2 aromatic heterocycles. The molecule has 0 aromatic carbocycles. The molecule has 2 heterocycles. The monoisotopic (exact) mass is 247 g/mol. The van der Waals surface area contributed by atoms with Gasteiger partial charge in [-0.05, 0) is 13.0 Å². The Bertz CT molecular complexity index is 522. The molecule has 0 aliphatic heterocycles. The summed E-state index contributed by atoms with van der Waals surface area (Å²) in [5, 5.41) is 5.19. The van der Waals surface area contributed by atoms with Crippen molar-refractivity contribution < 1.29 is 4.79 Å². The molecular formula is C12H13N3OS. The molecule has 0 bridgehead atoms. The van der Waals surface area contributed by atoms with Crippen LogP contribution in [0.5, 0.6) is 0 Å². The summed E-state index contributed by atoms with van der Waals surface area (Å²) in [6, 6.07) is 3.75. The van der Waals surface area contributed by atoms with Crippen molar-refractivity contribution in [1.82, 2.24) is 10.3 Å². The first-order valence-corrected chi connectivity index (χ1v) is 6.17. The second-order valence-electron chi connectivity index (χ2n) is 3.49. The number of nitrogen functional groups attached to an aromatic ring is 1. The van der Waals surface area contributed by atoms with Crippen LogP contribution in [-0.4, -0.2) is 17.4 Å². The first-order chi connectivity index (χ1) is 8.24. The fraction of sp³-hybridized carbons (Fsp3) is 0.167. The summed E-state index contributed by atoms with van der Waals surface area (Å²) in [4.78, 5) is 16.0. The number of pyridine rings is 1. The van der Waals surface area contributed by atoms with E-state index < -0.39 is 0 Å². The van der Waals surface area contributed by atoms with Crippen LogP contribution in [0.25, 0.3) is 11.1 Å². The molecule has 17 heavy (non-hydrogen) atoms. The number of thiophene rings is 1. The number of carbonyl (C=O) groups is 1. The lowest BCUT2D eigenvalue weighted by Gasteiger charge is -2.05. The van der Waals surface area contributed by atoms with Crippen LogP contribution in [0.4, 0.5) is 5.00 Å². The van der Waals surface area contributed by atoms with Crippen LogP contribution in [0, 0.1) is 0 Å². The molecule has 0 fully saturated rings. The molecule has 0 atom stereocenters. The van der Waals surface area contributed by atoms with Crippen molar-refractivity contribution >= 4 is 22.2 Å². The van der Waals surface area contributed by atoms with Crippen molar-refractivity contribution in [2.75, 3.05) is 12.3 Å². The van der Waals surface area contributed by atoms with Crippen LogP contribution in [0.1, 0.15) is 17.3 Å². The van der Waals surface area contributed by atoms with Gasteiger partial charge in [0, 0.05) is 35.4 Å². The van der Waals surface area contributed by atoms with E-state index in [9.17, 15) is 4.79 Å². The maximum Gasteiger partial charge on any atom is 0.254 e. The molecule has 0 spiro atoms. The Morgan fingerprint density at radius 2 is 2.41 bits per heavy atom. The Morgan fingerprint density at radius 1 is 1.59 bits per heavy atom. The van der Waals surface area contributed by atoms with Gasteiger partial charge in [0.2, 0.25) is 0 Å². The third-order valence-electron chi connectivity index (χ3n) is 2.36. The Morgan fingerprint density at radius 3 is 3.06 bits per heavy atom. The zero-order valence-corrected chi connectivity index (χ0v) is 10.3. The number of carbonyl (C=O) groups excluding carboxylic acids is 1. The van der Waals surface area contributed by atoms with Gasteiger partial charge in [0.1, 0.15) is 0 Å². The fourth-order valence-electron chi connectivity index (χ4n) is 1.59. The predicted molar refractivity (Wildman–Crippen MR) is 70.0 cm³/mol. The Labute approximate surface area is 103 Å². The van der Waals surface area contributed by atoms with Crippen LogP contribution in [0.3, 0.4) is 0 Å². The summed E-state index contributed by atoms with van der Waals surface area (Å²) in [5.74, 6) is -0.134. The maximum absolute atomic E-state index is 11.9. The summed E-state index contributed by atoms with van der Waals surface area (Å²) in [6.45, 7) is 2.46. The molecule has 0 unspecified atom stereocenters. The van der Waals surface area contributed by atoms with E-state index in [2.05, 4.69) is 10.3 Å². The molecule has 1 amide bonds. The highest BCUT2D eigenvalue weighted by molar-refractivity contribution is 7.15. The summed E-state index contributed by atoms with van der Waals surface area (Å²) >= 11 is 1.37. The number of nitrogens with one attached hydrogen (secondary N) is 1. The summed E-state index contributed by atoms with van der Waals surface area (Å²) < 4.78 is 0. The van der Waals surface area contributed by atoms with Gasteiger partial charge in [-0.2, -0.15) is 0 Å². The zero-order chi connectivity index (χ0) is 12.3. The molecule has 0 aliphatic rings. The lowest BCUT2D eigenvalue weighted by atomic mass is 10.1. The second-order valence-corrected chi connectivity index (χ2v) is 4.40. The van der Waals surface area contributed by atoms with E-state index in [1.807, 2.05) is 24.4 Å². The molecule has 0 saturated heterocycles. The SMILES string of the molecule is CCNC(=O)c1c(-c2cccnc2)csc1N. The molecule has 0 radical (unpaired) electrons. The highest BCUT2D eigenvalue weighted by Crippen LogP contribution is 2.32. The van der Waals surface area contributed by atoms with Crippen molar-refractivity contribution in [3.8, 4) is 11.1 Å². The standard InChI is InChI=1S/C12H13N3OS/c1-2-15-12(16)10-9(7-17-11(10)13)8-4-3-5-14-6-8/h3-7H,2,13H2,1H3,(H,15,16). The number of anilines is 1. The summed E-state index contributed by atoms with van der Waals surface area (Å²) in [7, 11) is 0. The van der Waals surface area contributed by atoms with Gasteiger partial charge < -0.3 is 11.1 Å². The summed E-state index contributed by atoms with van der Waals surface area (Å²) in [5.41, 5.74) is 8.14. The van der Waals surface area contributed by atoms with E-state index in [1.54, 1.807) is 12.4 Å². The van der Waals surface area contributed by atoms with Gasteiger partial charge >= 0.3 is 0 Å². The fourth-order valence-corrected chi connectivity index (χ4v) is 2.41. The average molecular weight is 247 g/mol. The van der Waals surface area contributed by atoms with Crippen LogP contribution in [-0.2, 0) is 0 Å². The van der Waals surface area contributed by atoms with E-state index in [0.717, 1.165) is 11.1 Å². The molecule has 2 rings (SSSR count). The molecule has 0 aliphatic carbocycles. The number of hydrogen-bond acceptors (Lipinski definition) is 4. The van der Waals surface area contributed by atoms with Crippen molar-refractivity contribution in [2.45, 2.75) is 6.92 Å². The summed E-state index contributed by atoms with van der Waals surface area (Å²) in [6.07, 6.45) is 3.43. The van der Waals surface area contributed by atoms with Crippen LogP contribution < -0.4 is 11.1 Å². The van der Waals surface area contributed by atoms with Crippen LogP contribution in [0.2, 0.25) is 0 Å². The molecule has 3 N–H and O–H groups in total. The molecule has 88 valence electrons. The Kier molecular flexibility index (Phi) is 3.39. The second kappa shape index (κ2) is 4.97. The van der Waals surface area contributed by atoms with Gasteiger partial charge in [-0.25, -0.2) is 0 Å². The van der Waals surface area contributed by atoms with Gasteiger partial charge in [-0.1, -0.05) is 6.07 Å². The van der Waals surface area contributed by atoms with Gasteiger partial charge in [0.25, 0.3) is 5.91 Å². The van der Waals surface area contributed by atoms with Crippen molar-refractivity contribution in [2.24, 2.45) is 0 Å². The first kappa shape index (κ1) is 11.6. The number of aromatic nitrogens is 1. The minimum absolute atomic E-state index is 0.134. The Hall–Kier alpha value is -1.88. The molecule has 2 aromatic rings. The van der Waals surface area contributed by atoms with Gasteiger partial charge in [-0.15, -0.1) is 11.3 Å². The highest BCUT2D eigenvalue weighted by Gasteiger charge is 2.17. The normalized spacial score (nSPS) is 10.2. The van der Waals surface area contributed by atoms with Crippen molar-refractivity contribution in [1.29, 1.82) is 0 Å². The van der Waals surface area contributed by atoms with E-state index >= 15 is 0 Å². The third-order valence-corrected chi connectivity index (χ3v) is 3.17. The number of hydrogen-bond donors (Lipinski definition) is 2. The molecule has 0 saturated carbocycles. The van der Waals surface area contributed by atoms with E-state index in [-0.39, 0.29) is 5.91 Å². The minimum atomic E-state index is -0.134. The molecule has 4 nitrogen and oxygen atoms in total. The van der Waals surface area contributed by atoms with Crippen molar-refractivity contribution in [3.63, 3.8) is 0 Å². The van der Waals surface area contributed by atoms with E-state index in [0.29, 0.717) is 17.1 Å². The van der Waals surface area contributed by atoms with E-state index in [4.69, 9.17) is 5.73 Å². The molecule has 5 heteroatoms. The quantitative estimate of drug-likeness (QED) is 0.873. The third kappa shape index (κ3) is 2.29. The van der Waals surface area contributed by atoms with Crippen LogP contribution >= 0.6 is 11.3 Å². The number of amides is 1. The lowest BCUT2D eigenvalue weighted by Crippen LogP contribution is -2.23. The largest absolute Gasteiger partial charge is 0.390 e. The molecular weight excluding hydrogens is 234 g/mol. The number of nitrogens with two attached hydrogens (primary N) is 1. The van der Waals surface area contributed by atoms with Gasteiger partial charge in [-0.3, -0.25) is 9.78 Å². The average Bonchev–Trinajstić information content (AvgIpc) is 2.73. The number of rotatable bonds is 3. The van der Waals surface area contributed by atoms with Gasteiger partial charge in [0.15, 0.2) is 0 Å². The van der Waals surface area contributed by atoms with Crippen molar-refractivity contribution in [3.05, 3.63) is 35.5 Å². The topological polar surface area (TPSA) is 68.0 Å². The smallest absolute Gasteiger partial charge is 0.254 e. The maximum atomic E-state index is 11.9. The lowest BCUT2D eigenvalue weighted by molar-refractivity contribution is 0.0957. The predicted octanol–water partition coefficient (Wildman–Crippen LogP) is 2.14. The number of nitrogens with zero attached hydrogens (tertiary/aromatic N) is 1.